The van der Waals surface area contributed by atoms with Gasteiger partial charge < -0.3 is 9.47 Å². The molecule has 0 N–H and O–H groups in total. The van der Waals surface area contributed by atoms with Crippen molar-refractivity contribution in [2.75, 3.05) is 19.5 Å². The van der Waals surface area contributed by atoms with Crippen molar-refractivity contribution in [3.8, 4) is 11.5 Å². The van der Waals surface area contributed by atoms with E-state index in [1.807, 2.05) is 13.0 Å². The van der Waals surface area contributed by atoms with E-state index in [1.165, 1.54) is 0 Å². The Hall–Kier alpha value is -1.16. The third kappa shape index (κ3) is 2.92. The molecule has 0 aromatic heterocycles. The standard InChI is InChI=1S/C12H16O3S/c1-4-15-10-6-9(8-13)7-11(16-5-2)12(10)14-3/h6-8H,4-5H2,1-3H3. The molecule has 0 bridgehead atoms. The molecule has 1 aromatic rings. The molecule has 3 nitrogen and oxygen atoms in total. The zero-order chi connectivity index (χ0) is 12.0. The number of hydrogen-bond donors (Lipinski definition) is 0. The Morgan fingerprint density at radius 1 is 1.38 bits per heavy atom. The lowest BCUT2D eigenvalue weighted by Gasteiger charge is -2.13. The van der Waals surface area contributed by atoms with Crippen molar-refractivity contribution in [3.05, 3.63) is 17.7 Å². The van der Waals surface area contributed by atoms with Gasteiger partial charge >= 0.3 is 0 Å². The van der Waals surface area contributed by atoms with E-state index in [0.29, 0.717) is 23.7 Å². The lowest BCUT2D eigenvalue weighted by molar-refractivity contribution is 0.112. The fourth-order valence-corrected chi connectivity index (χ4v) is 2.24. The van der Waals surface area contributed by atoms with Crippen LogP contribution in [0.1, 0.15) is 24.2 Å². The summed E-state index contributed by atoms with van der Waals surface area (Å²) in [6.07, 6.45) is 0.821. The molecule has 0 aliphatic carbocycles. The van der Waals surface area contributed by atoms with Crippen LogP contribution in [0.3, 0.4) is 0 Å². The molecule has 0 heterocycles. The Kier molecular flexibility index (Phi) is 5.19. The zero-order valence-electron chi connectivity index (χ0n) is 9.78. The first-order valence-corrected chi connectivity index (χ1v) is 6.18. The number of thioether (sulfide) groups is 1. The Bertz CT molecular complexity index is 336. The van der Waals surface area contributed by atoms with Gasteiger partial charge in [-0.1, -0.05) is 6.92 Å². The number of benzene rings is 1. The highest BCUT2D eigenvalue weighted by Crippen LogP contribution is 2.38. The van der Waals surface area contributed by atoms with Crippen LogP contribution < -0.4 is 9.47 Å². The third-order valence-electron chi connectivity index (χ3n) is 1.98. The summed E-state index contributed by atoms with van der Waals surface area (Å²) in [5.41, 5.74) is 0.611. The van der Waals surface area contributed by atoms with Gasteiger partial charge in [-0.15, -0.1) is 11.8 Å². The van der Waals surface area contributed by atoms with E-state index in [9.17, 15) is 4.79 Å². The lowest BCUT2D eigenvalue weighted by Crippen LogP contribution is -1.98. The Balaban J connectivity index is 3.21. The summed E-state index contributed by atoms with van der Waals surface area (Å²) in [6, 6.07) is 3.53. The number of hydrogen-bond acceptors (Lipinski definition) is 4. The average Bonchev–Trinajstić information content (AvgIpc) is 2.29. The number of ether oxygens (including phenoxy) is 2. The van der Waals surface area contributed by atoms with Crippen LogP contribution in [0, 0.1) is 0 Å². The van der Waals surface area contributed by atoms with E-state index in [2.05, 4.69) is 6.92 Å². The Labute approximate surface area is 100 Å². The van der Waals surface area contributed by atoms with Crippen molar-refractivity contribution in [2.45, 2.75) is 18.7 Å². The minimum atomic E-state index is 0.550. The molecule has 0 spiro atoms. The van der Waals surface area contributed by atoms with Crippen molar-refractivity contribution in [1.29, 1.82) is 0 Å². The molecule has 0 amide bonds. The molecule has 1 aromatic carbocycles. The second-order valence-electron chi connectivity index (χ2n) is 3.03. The van der Waals surface area contributed by atoms with E-state index in [1.54, 1.807) is 24.9 Å². The maximum atomic E-state index is 10.8. The molecule has 0 fully saturated rings. The molecule has 1 rings (SSSR count). The first kappa shape index (κ1) is 12.9. The van der Waals surface area contributed by atoms with E-state index in [-0.39, 0.29) is 0 Å². The van der Waals surface area contributed by atoms with E-state index >= 15 is 0 Å². The highest BCUT2D eigenvalue weighted by atomic mass is 32.2. The molecule has 0 unspecified atom stereocenters. The van der Waals surface area contributed by atoms with E-state index < -0.39 is 0 Å². The van der Waals surface area contributed by atoms with Crippen LogP contribution in [0.4, 0.5) is 0 Å². The molecule has 0 atom stereocenters. The van der Waals surface area contributed by atoms with Crippen molar-refractivity contribution >= 4 is 18.0 Å². The largest absolute Gasteiger partial charge is 0.492 e. The topological polar surface area (TPSA) is 35.5 Å². The van der Waals surface area contributed by atoms with Gasteiger partial charge in [0, 0.05) is 5.56 Å². The van der Waals surface area contributed by atoms with Gasteiger partial charge in [0.15, 0.2) is 11.5 Å². The summed E-state index contributed by atoms with van der Waals surface area (Å²) < 4.78 is 10.8. The van der Waals surface area contributed by atoms with Gasteiger partial charge in [0.05, 0.1) is 18.6 Å². The lowest BCUT2D eigenvalue weighted by atomic mass is 10.2. The van der Waals surface area contributed by atoms with Crippen LogP contribution in [0.5, 0.6) is 11.5 Å². The van der Waals surface area contributed by atoms with Gasteiger partial charge in [-0.25, -0.2) is 0 Å². The summed E-state index contributed by atoms with van der Waals surface area (Å²) in [5.74, 6) is 2.26. The van der Waals surface area contributed by atoms with Crippen molar-refractivity contribution in [2.24, 2.45) is 0 Å². The fraction of sp³-hybridized carbons (Fsp3) is 0.417. The predicted molar refractivity (Wildman–Crippen MR) is 65.9 cm³/mol. The average molecular weight is 240 g/mol. The van der Waals surface area contributed by atoms with Gasteiger partial charge in [0.1, 0.15) is 6.29 Å². The molecular formula is C12H16O3S. The van der Waals surface area contributed by atoms with Crippen LogP contribution in [0.2, 0.25) is 0 Å². The molecule has 0 saturated heterocycles. The fourth-order valence-electron chi connectivity index (χ4n) is 1.39. The van der Waals surface area contributed by atoms with Crippen molar-refractivity contribution in [3.63, 3.8) is 0 Å². The van der Waals surface area contributed by atoms with Crippen LogP contribution in [-0.4, -0.2) is 25.8 Å². The second kappa shape index (κ2) is 6.43. The van der Waals surface area contributed by atoms with E-state index in [4.69, 9.17) is 9.47 Å². The number of rotatable bonds is 6. The molecule has 0 aliphatic heterocycles. The summed E-state index contributed by atoms with van der Waals surface area (Å²) in [4.78, 5) is 11.8. The Morgan fingerprint density at radius 2 is 2.12 bits per heavy atom. The maximum absolute atomic E-state index is 10.8. The maximum Gasteiger partial charge on any atom is 0.174 e. The Morgan fingerprint density at radius 3 is 2.62 bits per heavy atom. The van der Waals surface area contributed by atoms with Crippen LogP contribution >= 0.6 is 11.8 Å². The number of methoxy groups -OCH3 is 1. The van der Waals surface area contributed by atoms with Gasteiger partial charge in [-0.2, -0.15) is 0 Å². The second-order valence-corrected chi connectivity index (χ2v) is 4.34. The number of carbonyl (C=O) groups excluding carboxylic acids is 1. The van der Waals surface area contributed by atoms with Gasteiger partial charge in [-0.3, -0.25) is 4.79 Å². The van der Waals surface area contributed by atoms with Crippen LogP contribution in [0.25, 0.3) is 0 Å². The van der Waals surface area contributed by atoms with Crippen molar-refractivity contribution < 1.29 is 14.3 Å². The molecular weight excluding hydrogens is 224 g/mol. The third-order valence-corrected chi connectivity index (χ3v) is 2.89. The molecule has 0 radical (unpaired) electrons. The quantitative estimate of drug-likeness (QED) is 0.565. The predicted octanol–water partition coefficient (Wildman–Crippen LogP) is 3.02. The first-order valence-electron chi connectivity index (χ1n) is 5.19. The van der Waals surface area contributed by atoms with Crippen LogP contribution in [-0.2, 0) is 0 Å². The SMILES string of the molecule is CCOc1cc(C=O)cc(SCC)c1OC. The van der Waals surface area contributed by atoms with Crippen LogP contribution in [0.15, 0.2) is 17.0 Å². The molecule has 0 saturated carbocycles. The molecule has 88 valence electrons. The minimum Gasteiger partial charge on any atom is -0.492 e. The number of aldehydes is 1. The number of carbonyl (C=O) groups is 1. The first-order chi connectivity index (χ1) is 7.76. The van der Waals surface area contributed by atoms with Gasteiger partial charge in [0.2, 0.25) is 0 Å². The van der Waals surface area contributed by atoms with Gasteiger partial charge in [-0.05, 0) is 24.8 Å². The van der Waals surface area contributed by atoms with Crippen molar-refractivity contribution in [1.82, 2.24) is 0 Å². The normalized spacial score (nSPS) is 9.94. The summed E-state index contributed by atoms with van der Waals surface area (Å²) in [7, 11) is 1.61. The summed E-state index contributed by atoms with van der Waals surface area (Å²) in [6.45, 7) is 4.51. The monoisotopic (exact) mass is 240 g/mol. The smallest absolute Gasteiger partial charge is 0.174 e. The van der Waals surface area contributed by atoms with Gasteiger partial charge in [0.25, 0.3) is 0 Å². The van der Waals surface area contributed by atoms with E-state index in [0.717, 1.165) is 16.9 Å². The molecule has 16 heavy (non-hydrogen) atoms. The minimum absolute atomic E-state index is 0.550. The molecule has 0 aliphatic rings. The summed E-state index contributed by atoms with van der Waals surface area (Å²) in [5, 5.41) is 0. The molecule has 4 heteroatoms. The highest BCUT2D eigenvalue weighted by molar-refractivity contribution is 7.99. The highest BCUT2D eigenvalue weighted by Gasteiger charge is 2.12. The summed E-state index contributed by atoms with van der Waals surface area (Å²) >= 11 is 1.63. The zero-order valence-corrected chi connectivity index (χ0v) is 10.6.